The standard InChI is InChI=1S/C28H34N6O/c1-17-13-18(2)31-24(17)15-23-22-10-7-20(27-30-12-11-26(32-27)33(3)4)14-25(22)34(28(23)35)16-19-5-8-21(29)9-6-19/h7,10-15,19,21,31H,5-6,8-9,16,29H2,1-4H3/b23-15-. The Hall–Kier alpha value is -3.45. The number of anilines is 2. The van der Waals surface area contributed by atoms with Gasteiger partial charge in [0, 0.05) is 55.4 Å². The summed E-state index contributed by atoms with van der Waals surface area (Å²) in [6, 6.07) is 10.4. The quantitative estimate of drug-likeness (QED) is 0.534. The van der Waals surface area contributed by atoms with Gasteiger partial charge in [-0.2, -0.15) is 0 Å². The Balaban J connectivity index is 1.56. The van der Waals surface area contributed by atoms with Gasteiger partial charge >= 0.3 is 0 Å². The molecular formula is C28H34N6O. The SMILES string of the molecule is Cc1cc(C)c(/C=C2\C(=O)N(CC3CCC(N)CC3)c3cc(-c4nccc(N(C)C)n4)ccc32)[nH]1. The lowest BCUT2D eigenvalue weighted by Gasteiger charge is -2.30. The van der Waals surface area contributed by atoms with Crippen molar-refractivity contribution in [2.45, 2.75) is 45.6 Å². The zero-order valence-electron chi connectivity index (χ0n) is 21.0. The number of hydrogen-bond donors (Lipinski definition) is 2. The van der Waals surface area contributed by atoms with Crippen LogP contribution in [0.2, 0.25) is 0 Å². The number of aromatic nitrogens is 3. The van der Waals surface area contributed by atoms with Crippen LogP contribution in [0.15, 0.2) is 36.5 Å². The van der Waals surface area contributed by atoms with E-state index in [0.717, 1.165) is 70.8 Å². The minimum atomic E-state index is 0.0571. The molecule has 0 unspecified atom stereocenters. The summed E-state index contributed by atoms with van der Waals surface area (Å²) in [6.07, 6.45) is 7.94. The Morgan fingerprint density at radius 2 is 1.91 bits per heavy atom. The molecule has 1 aromatic carbocycles. The molecule has 0 bridgehead atoms. The number of nitrogens with zero attached hydrogens (tertiary/aromatic N) is 4. The van der Waals surface area contributed by atoms with Crippen LogP contribution in [-0.2, 0) is 4.79 Å². The van der Waals surface area contributed by atoms with Gasteiger partial charge in [-0.15, -0.1) is 0 Å². The lowest BCUT2D eigenvalue weighted by molar-refractivity contribution is -0.113. The van der Waals surface area contributed by atoms with Crippen molar-refractivity contribution < 1.29 is 4.79 Å². The van der Waals surface area contributed by atoms with Gasteiger partial charge in [-0.05, 0) is 75.3 Å². The van der Waals surface area contributed by atoms with E-state index in [2.05, 4.69) is 29.0 Å². The summed E-state index contributed by atoms with van der Waals surface area (Å²) in [5, 5.41) is 0. The molecule has 7 heteroatoms. The number of hydrogen-bond acceptors (Lipinski definition) is 5. The average Bonchev–Trinajstić information content (AvgIpc) is 3.30. The molecule has 182 valence electrons. The Bertz CT molecular complexity index is 1280. The third-order valence-corrected chi connectivity index (χ3v) is 7.22. The molecule has 3 N–H and O–H groups in total. The summed E-state index contributed by atoms with van der Waals surface area (Å²) in [5.41, 5.74) is 12.9. The van der Waals surface area contributed by atoms with Gasteiger partial charge in [0.1, 0.15) is 5.82 Å². The van der Waals surface area contributed by atoms with E-state index in [4.69, 9.17) is 10.7 Å². The van der Waals surface area contributed by atoms with E-state index in [-0.39, 0.29) is 11.9 Å². The topological polar surface area (TPSA) is 91.1 Å². The molecule has 1 fully saturated rings. The largest absolute Gasteiger partial charge is 0.363 e. The highest BCUT2D eigenvalue weighted by atomic mass is 16.2. The van der Waals surface area contributed by atoms with Gasteiger partial charge < -0.3 is 20.5 Å². The van der Waals surface area contributed by atoms with Crippen LogP contribution in [0.1, 0.15) is 48.2 Å². The molecule has 2 aliphatic rings. The fraction of sp³-hybridized carbons (Fsp3) is 0.393. The van der Waals surface area contributed by atoms with Crippen molar-refractivity contribution in [3.63, 3.8) is 0 Å². The number of rotatable bonds is 5. The van der Waals surface area contributed by atoms with Crippen molar-refractivity contribution in [1.29, 1.82) is 0 Å². The molecule has 3 aromatic rings. The monoisotopic (exact) mass is 470 g/mol. The van der Waals surface area contributed by atoms with Crippen LogP contribution >= 0.6 is 0 Å². The zero-order chi connectivity index (χ0) is 24.7. The maximum Gasteiger partial charge on any atom is 0.259 e. The molecule has 7 nitrogen and oxygen atoms in total. The van der Waals surface area contributed by atoms with Crippen molar-refractivity contribution in [3.05, 3.63) is 59.0 Å². The fourth-order valence-electron chi connectivity index (χ4n) is 5.22. The summed E-state index contributed by atoms with van der Waals surface area (Å²) in [5.74, 6) is 2.02. The summed E-state index contributed by atoms with van der Waals surface area (Å²) in [7, 11) is 3.93. The highest BCUT2D eigenvalue weighted by Gasteiger charge is 2.35. The van der Waals surface area contributed by atoms with E-state index in [1.54, 1.807) is 6.20 Å². The number of aryl methyl sites for hydroxylation is 2. The number of carbonyl (C=O) groups excluding carboxylic acids is 1. The molecule has 1 amide bonds. The zero-order valence-corrected chi connectivity index (χ0v) is 21.0. The lowest BCUT2D eigenvalue weighted by atomic mass is 9.86. The molecular weight excluding hydrogens is 436 g/mol. The van der Waals surface area contributed by atoms with Gasteiger partial charge in [0.25, 0.3) is 5.91 Å². The van der Waals surface area contributed by atoms with Crippen LogP contribution in [0.3, 0.4) is 0 Å². The molecule has 5 rings (SSSR count). The van der Waals surface area contributed by atoms with Crippen molar-refractivity contribution in [2.75, 3.05) is 30.4 Å². The molecule has 0 spiro atoms. The number of nitrogens with two attached hydrogens (primary N) is 1. The predicted octanol–water partition coefficient (Wildman–Crippen LogP) is 4.56. The maximum absolute atomic E-state index is 13.8. The molecule has 2 aromatic heterocycles. The van der Waals surface area contributed by atoms with Crippen molar-refractivity contribution in [3.8, 4) is 11.4 Å². The predicted molar refractivity (Wildman–Crippen MR) is 142 cm³/mol. The molecule has 0 saturated heterocycles. The fourth-order valence-corrected chi connectivity index (χ4v) is 5.22. The van der Waals surface area contributed by atoms with E-state index >= 15 is 0 Å². The molecule has 3 heterocycles. The Morgan fingerprint density at radius 1 is 1.14 bits per heavy atom. The normalized spacial score (nSPS) is 21.0. The van der Waals surface area contributed by atoms with Gasteiger partial charge in [0.15, 0.2) is 5.82 Å². The van der Waals surface area contributed by atoms with Crippen molar-refractivity contribution in [2.24, 2.45) is 11.7 Å². The minimum Gasteiger partial charge on any atom is -0.363 e. The number of fused-ring (bicyclic) bond motifs is 1. The summed E-state index contributed by atoms with van der Waals surface area (Å²) in [4.78, 5) is 30.3. The molecule has 0 radical (unpaired) electrons. The Morgan fingerprint density at radius 3 is 2.60 bits per heavy atom. The van der Waals surface area contributed by atoms with Gasteiger partial charge in [-0.3, -0.25) is 4.79 Å². The van der Waals surface area contributed by atoms with Crippen LogP contribution < -0.4 is 15.5 Å². The first-order valence-corrected chi connectivity index (χ1v) is 12.4. The Kier molecular flexibility index (Phi) is 6.19. The Labute approximate surface area is 207 Å². The van der Waals surface area contributed by atoms with Crippen LogP contribution in [0.5, 0.6) is 0 Å². The van der Waals surface area contributed by atoms with Crippen molar-refractivity contribution >= 4 is 29.1 Å². The third kappa shape index (κ3) is 4.60. The number of carbonyl (C=O) groups is 1. The van der Waals surface area contributed by atoms with Crippen LogP contribution in [0.25, 0.3) is 23.0 Å². The van der Waals surface area contributed by atoms with Gasteiger partial charge in [0.2, 0.25) is 0 Å². The molecule has 0 atom stereocenters. The second-order valence-corrected chi connectivity index (χ2v) is 10.2. The second-order valence-electron chi connectivity index (χ2n) is 10.2. The number of amides is 1. The first kappa shape index (κ1) is 23.3. The molecule has 1 aliphatic carbocycles. The molecule has 1 aliphatic heterocycles. The maximum atomic E-state index is 13.8. The minimum absolute atomic E-state index is 0.0571. The highest BCUT2D eigenvalue weighted by molar-refractivity contribution is 6.36. The van der Waals surface area contributed by atoms with E-state index in [1.807, 2.05) is 55.1 Å². The van der Waals surface area contributed by atoms with E-state index in [1.165, 1.54) is 0 Å². The third-order valence-electron chi connectivity index (χ3n) is 7.22. The summed E-state index contributed by atoms with van der Waals surface area (Å²) >= 11 is 0. The van der Waals surface area contributed by atoms with Crippen LogP contribution in [0.4, 0.5) is 11.5 Å². The number of nitrogens with one attached hydrogen (secondary N) is 1. The van der Waals surface area contributed by atoms with Gasteiger partial charge in [-0.25, -0.2) is 9.97 Å². The summed E-state index contributed by atoms with van der Waals surface area (Å²) < 4.78 is 0. The average molecular weight is 471 g/mol. The molecule has 1 saturated carbocycles. The van der Waals surface area contributed by atoms with Crippen LogP contribution in [0, 0.1) is 19.8 Å². The van der Waals surface area contributed by atoms with Gasteiger partial charge in [0.05, 0.1) is 11.3 Å². The first-order valence-electron chi connectivity index (χ1n) is 12.4. The van der Waals surface area contributed by atoms with E-state index in [0.29, 0.717) is 18.3 Å². The van der Waals surface area contributed by atoms with Crippen molar-refractivity contribution in [1.82, 2.24) is 15.0 Å². The summed E-state index contributed by atoms with van der Waals surface area (Å²) in [6.45, 7) is 4.81. The smallest absolute Gasteiger partial charge is 0.259 e. The highest BCUT2D eigenvalue weighted by Crippen LogP contribution is 2.41. The van der Waals surface area contributed by atoms with Gasteiger partial charge in [-0.1, -0.05) is 12.1 Å². The number of aromatic amines is 1. The van der Waals surface area contributed by atoms with Crippen LogP contribution in [-0.4, -0.2) is 47.5 Å². The number of benzene rings is 1. The van der Waals surface area contributed by atoms with E-state index < -0.39 is 0 Å². The van der Waals surface area contributed by atoms with E-state index in [9.17, 15) is 4.79 Å². The second kappa shape index (κ2) is 9.30. The first-order chi connectivity index (χ1) is 16.8. The number of H-pyrrole nitrogens is 1. The molecule has 35 heavy (non-hydrogen) atoms. The lowest BCUT2D eigenvalue weighted by Crippen LogP contribution is -2.36.